The van der Waals surface area contributed by atoms with Gasteiger partial charge in [0.2, 0.25) is 0 Å². The molecule has 2 heteroatoms. The Morgan fingerprint density at radius 3 is 2.33 bits per heavy atom. The summed E-state index contributed by atoms with van der Waals surface area (Å²) in [6.07, 6.45) is 2.45. The van der Waals surface area contributed by atoms with Crippen molar-refractivity contribution in [1.82, 2.24) is 0 Å². The summed E-state index contributed by atoms with van der Waals surface area (Å²) in [5, 5.41) is 0. The first-order valence-electron chi connectivity index (χ1n) is 3.54. The zero-order chi connectivity index (χ0) is 6.91. The molecule has 0 aromatic heterocycles. The smallest absolute Gasteiger partial charge is 0.207 e. The Morgan fingerprint density at radius 1 is 1.56 bits per heavy atom. The summed E-state index contributed by atoms with van der Waals surface area (Å²) in [6.45, 7) is 1.95. The van der Waals surface area contributed by atoms with Gasteiger partial charge < -0.3 is 0 Å². The highest BCUT2D eigenvalue weighted by Gasteiger charge is 2.46. The maximum absolute atomic E-state index is 12.4. The van der Waals surface area contributed by atoms with Gasteiger partial charge in [0.05, 0.1) is 0 Å². The average Bonchev–Trinajstić information content (AvgIpc) is 1.81. The van der Waals surface area contributed by atoms with Gasteiger partial charge in [-0.3, -0.25) is 0 Å². The molecule has 1 atom stereocenters. The van der Waals surface area contributed by atoms with Crippen molar-refractivity contribution in [2.24, 2.45) is 5.92 Å². The molecule has 1 saturated carbocycles. The predicted molar refractivity (Wildman–Crippen MR) is 32.6 cm³/mol. The molecular weight excluding hydrogens is 122 g/mol. The molecule has 1 rings (SSSR count). The molecule has 0 aromatic rings. The Balaban J connectivity index is 2.28. The zero-order valence-corrected chi connectivity index (χ0v) is 5.66. The normalized spacial score (nSPS) is 31.7. The van der Waals surface area contributed by atoms with E-state index in [0.29, 0.717) is 6.42 Å². The molecule has 54 valence electrons. The van der Waals surface area contributed by atoms with Crippen LogP contribution < -0.4 is 0 Å². The molecule has 0 bridgehead atoms. The van der Waals surface area contributed by atoms with E-state index in [1.54, 1.807) is 0 Å². The van der Waals surface area contributed by atoms with Crippen LogP contribution >= 0.6 is 0 Å². The first-order chi connectivity index (χ1) is 4.17. The van der Waals surface area contributed by atoms with Crippen LogP contribution in [-0.2, 0) is 0 Å². The topological polar surface area (TPSA) is 0 Å². The molecule has 9 heavy (non-hydrogen) atoms. The molecular formula is C7H12F2. The molecule has 0 aromatic carbocycles. The van der Waals surface area contributed by atoms with Gasteiger partial charge in [0.1, 0.15) is 0 Å². The second kappa shape index (κ2) is 2.24. The fourth-order valence-corrected chi connectivity index (χ4v) is 1.27. The minimum absolute atomic E-state index is 0.123. The van der Waals surface area contributed by atoms with Crippen molar-refractivity contribution in [3.63, 3.8) is 0 Å². The van der Waals surface area contributed by atoms with Crippen LogP contribution in [0.3, 0.4) is 0 Å². The quantitative estimate of drug-likeness (QED) is 0.544. The summed E-state index contributed by atoms with van der Waals surface area (Å²) in [5.74, 6) is -2.60. The number of rotatable bonds is 2. The molecule has 1 fully saturated rings. The first kappa shape index (κ1) is 6.97. The summed E-state index contributed by atoms with van der Waals surface area (Å²) in [4.78, 5) is 0. The molecule has 0 heterocycles. The van der Waals surface area contributed by atoms with E-state index in [-0.39, 0.29) is 12.3 Å². The van der Waals surface area contributed by atoms with Gasteiger partial charge >= 0.3 is 0 Å². The zero-order valence-electron chi connectivity index (χ0n) is 5.66. The summed E-state index contributed by atoms with van der Waals surface area (Å²) in [6, 6.07) is 0. The second-order valence-corrected chi connectivity index (χ2v) is 2.79. The molecule has 0 radical (unpaired) electrons. The van der Waals surface area contributed by atoms with Crippen molar-refractivity contribution in [1.29, 1.82) is 0 Å². The number of halogens is 2. The first-order valence-corrected chi connectivity index (χ1v) is 3.54. The average molecular weight is 134 g/mol. The molecule has 0 nitrogen and oxygen atoms in total. The molecule has 0 N–H and O–H groups in total. The maximum atomic E-state index is 12.4. The van der Waals surface area contributed by atoms with Crippen molar-refractivity contribution in [3.05, 3.63) is 0 Å². The molecule has 1 unspecified atom stereocenters. The number of hydrogen-bond donors (Lipinski definition) is 0. The minimum atomic E-state index is -2.31. The fraction of sp³-hybridized carbons (Fsp3) is 1.00. The molecule has 0 amide bonds. The third-order valence-corrected chi connectivity index (χ3v) is 2.06. The third-order valence-electron chi connectivity index (χ3n) is 2.06. The number of hydrogen-bond acceptors (Lipinski definition) is 0. The largest absolute Gasteiger partial charge is 0.250 e. The molecule has 0 spiro atoms. The lowest BCUT2D eigenvalue weighted by Crippen LogP contribution is -2.38. The second-order valence-electron chi connectivity index (χ2n) is 2.79. The highest BCUT2D eigenvalue weighted by atomic mass is 19.3. The van der Waals surface area contributed by atoms with E-state index in [0.717, 1.165) is 12.8 Å². The van der Waals surface area contributed by atoms with E-state index in [9.17, 15) is 8.78 Å². The lowest BCUT2D eigenvalue weighted by atomic mass is 9.78. The summed E-state index contributed by atoms with van der Waals surface area (Å²) in [7, 11) is 0. The van der Waals surface area contributed by atoms with Crippen LogP contribution in [0, 0.1) is 5.92 Å². The van der Waals surface area contributed by atoms with E-state index in [4.69, 9.17) is 0 Å². The van der Waals surface area contributed by atoms with E-state index < -0.39 is 5.92 Å². The summed E-state index contributed by atoms with van der Waals surface area (Å²) < 4.78 is 24.8. The molecule has 0 saturated heterocycles. The van der Waals surface area contributed by atoms with Crippen LogP contribution in [0.2, 0.25) is 0 Å². The van der Waals surface area contributed by atoms with E-state index in [1.807, 2.05) is 6.92 Å². The van der Waals surface area contributed by atoms with Crippen LogP contribution in [0.5, 0.6) is 0 Å². The van der Waals surface area contributed by atoms with Crippen LogP contribution in [0.1, 0.15) is 32.6 Å². The Morgan fingerprint density at radius 2 is 2.22 bits per heavy atom. The van der Waals surface area contributed by atoms with Crippen molar-refractivity contribution in [2.45, 2.75) is 38.5 Å². The Kier molecular flexibility index (Phi) is 1.73. The van der Waals surface area contributed by atoms with Gasteiger partial charge in [0.15, 0.2) is 0 Å². The van der Waals surface area contributed by atoms with Crippen molar-refractivity contribution in [3.8, 4) is 0 Å². The van der Waals surface area contributed by atoms with E-state index in [1.165, 1.54) is 0 Å². The van der Waals surface area contributed by atoms with Gasteiger partial charge in [-0.2, -0.15) is 0 Å². The van der Waals surface area contributed by atoms with Gasteiger partial charge in [-0.15, -0.1) is 0 Å². The Labute approximate surface area is 54.3 Å². The van der Waals surface area contributed by atoms with Crippen LogP contribution in [-0.4, -0.2) is 5.92 Å². The summed E-state index contributed by atoms with van der Waals surface area (Å²) in [5.41, 5.74) is 0. The highest BCUT2D eigenvalue weighted by Crippen LogP contribution is 2.45. The van der Waals surface area contributed by atoms with Crippen LogP contribution in [0.25, 0.3) is 0 Å². The highest BCUT2D eigenvalue weighted by molar-refractivity contribution is 4.87. The lowest BCUT2D eigenvalue weighted by Gasteiger charge is -2.36. The third kappa shape index (κ3) is 1.22. The standard InChI is InChI=1S/C7H12F2/c1-2-3-6-4-5-7(6,8)9/h6H,2-5H2,1H3. The maximum Gasteiger partial charge on any atom is 0.250 e. The van der Waals surface area contributed by atoms with Gasteiger partial charge in [-0.25, -0.2) is 8.78 Å². The van der Waals surface area contributed by atoms with E-state index >= 15 is 0 Å². The fourth-order valence-electron chi connectivity index (χ4n) is 1.27. The van der Waals surface area contributed by atoms with Crippen LogP contribution in [0.15, 0.2) is 0 Å². The van der Waals surface area contributed by atoms with Gasteiger partial charge in [-0.1, -0.05) is 13.3 Å². The van der Waals surface area contributed by atoms with Crippen molar-refractivity contribution in [2.75, 3.05) is 0 Å². The minimum Gasteiger partial charge on any atom is -0.207 e. The molecule has 0 aliphatic heterocycles. The predicted octanol–water partition coefficient (Wildman–Crippen LogP) is 2.83. The van der Waals surface area contributed by atoms with Crippen molar-refractivity contribution >= 4 is 0 Å². The lowest BCUT2D eigenvalue weighted by molar-refractivity contribution is -0.134. The van der Waals surface area contributed by atoms with Gasteiger partial charge in [0.25, 0.3) is 5.92 Å². The van der Waals surface area contributed by atoms with Crippen LogP contribution in [0.4, 0.5) is 8.78 Å². The Bertz CT molecular complexity index is 99.1. The van der Waals surface area contributed by atoms with Gasteiger partial charge in [0, 0.05) is 12.3 Å². The monoisotopic (exact) mass is 134 g/mol. The van der Waals surface area contributed by atoms with E-state index in [2.05, 4.69) is 0 Å². The SMILES string of the molecule is CCCC1CCC1(F)F. The van der Waals surface area contributed by atoms with Gasteiger partial charge in [-0.05, 0) is 12.8 Å². The molecule has 1 aliphatic rings. The number of alkyl halides is 2. The molecule has 1 aliphatic carbocycles. The van der Waals surface area contributed by atoms with Crippen molar-refractivity contribution < 1.29 is 8.78 Å². The Hall–Kier alpha value is -0.140. The summed E-state index contributed by atoms with van der Waals surface area (Å²) >= 11 is 0.